The average Bonchev–Trinajstić information content (AvgIpc) is 3.11. The maximum absolute atomic E-state index is 5.68. The van der Waals surface area contributed by atoms with E-state index in [1.54, 1.807) is 0 Å². The third-order valence-corrected chi connectivity index (χ3v) is 4.62. The lowest BCUT2D eigenvalue weighted by Crippen LogP contribution is -2.24. The molecule has 0 fully saturated rings. The van der Waals surface area contributed by atoms with Gasteiger partial charge in [0, 0.05) is 30.9 Å². The van der Waals surface area contributed by atoms with Gasteiger partial charge in [-0.15, -0.1) is 0 Å². The van der Waals surface area contributed by atoms with Crippen molar-refractivity contribution < 1.29 is 0 Å². The minimum atomic E-state index is 0.182. The molecule has 0 radical (unpaired) electrons. The van der Waals surface area contributed by atoms with Gasteiger partial charge in [0.05, 0.1) is 11.9 Å². The summed E-state index contributed by atoms with van der Waals surface area (Å²) in [5, 5.41) is 3.17. The first-order valence-electron chi connectivity index (χ1n) is 8.46. The number of hydrogen-bond acceptors (Lipinski definition) is 4. The summed E-state index contributed by atoms with van der Waals surface area (Å²) >= 11 is 0. The molecule has 3 heterocycles. The molecule has 0 bridgehead atoms. The summed E-state index contributed by atoms with van der Waals surface area (Å²) in [6, 6.07) is 12.5. The Labute approximate surface area is 146 Å². The van der Waals surface area contributed by atoms with Crippen LogP contribution in [0.5, 0.6) is 0 Å². The molecule has 0 saturated carbocycles. The molecule has 2 aromatic heterocycles. The highest BCUT2D eigenvalue weighted by atomic mass is 15.0. The molecule has 1 aliphatic heterocycles. The van der Waals surface area contributed by atoms with Gasteiger partial charge >= 0.3 is 0 Å². The fraction of sp³-hybridized carbons (Fsp3) is 0.200. The van der Waals surface area contributed by atoms with Gasteiger partial charge < -0.3 is 5.73 Å². The molecule has 1 aliphatic rings. The number of aromatic nitrogens is 2. The molecule has 25 heavy (non-hydrogen) atoms. The van der Waals surface area contributed by atoms with Crippen molar-refractivity contribution in [2.45, 2.75) is 19.1 Å². The van der Waals surface area contributed by atoms with Gasteiger partial charge in [-0.3, -0.25) is 14.7 Å². The van der Waals surface area contributed by atoms with E-state index in [4.69, 9.17) is 5.73 Å². The Hall–Kier alpha value is -2.76. The Kier molecular flexibility index (Phi) is 4.17. The van der Waals surface area contributed by atoms with Crippen LogP contribution in [0, 0.1) is 0 Å². The molecular weight excluding hydrogens is 310 g/mol. The highest BCUT2D eigenvalue weighted by Gasteiger charge is 2.11. The lowest BCUT2D eigenvalue weighted by Gasteiger charge is -2.15. The molecule has 1 unspecified atom stereocenters. The minimum absolute atomic E-state index is 0.182. The van der Waals surface area contributed by atoms with Crippen molar-refractivity contribution in [3.8, 4) is 11.3 Å². The summed E-state index contributed by atoms with van der Waals surface area (Å²) in [5.41, 5.74) is 12.2. The molecule has 3 aromatic rings. The van der Waals surface area contributed by atoms with Gasteiger partial charge in [0.2, 0.25) is 0 Å². The third kappa shape index (κ3) is 2.99. The van der Waals surface area contributed by atoms with E-state index >= 15 is 0 Å². The smallest absolute Gasteiger partial charge is 0.137 e. The molecule has 0 saturated heterocycles. The number of nitrogens with one attached hydrogen (secondary N) is 1. The first-order chi connectivity index (χ1) is 12.3. The summed E-state index contributed by atoms with van der Waals surface area (Å²) in [5.74, 6) is 0. The molecule has 0 amide bonds. The Morgan fingerprint density at radius 1 is 1.20 bits per heavy atom. The SMILES string of the molecule is CNC1CC=C(c2ccn3c(-c4ccc(CN)cc4)cnc3c2)C=N1. The van der Waals surface area contributed by atoms with E-state index in [-0.39, 0.29) is 6.17 Å². The van der Waals surface area contributed by atoms with Gasteiger partial charge in [0.1, 0.15) is 11.8 Å². The molecule has 1 atom stereocenters. The molecule has 0 spiro atoms. The largest absolute Gasteiger partial charge is 0.326 e. The fourth-order valence-electron chi connectivity index (χ4n) is 3.09. The van der Waals surface area contributed by atoms with Crippen molar-refractivity contribution in [2.24, 2.45) is 10.7 Å². The lowest BCUT2D eigenvalue weighted by molar-refractivity contribution is 0.595. The zero-order chi connectivity index (χ0) is 17.2. The zero-order valence-corrected chi connectivity index (χ0v) is 14.2. The van der Waals surface area contributed by atoms with Crippen LogP contribution >= 0.6 is 0 Å². The van der Waals surface area contributed by atoms with E-state index in [0.717, 1.165) is 40.0 Å². The van der Waals surface area contributed by atoms with E-state index in [2.05, 4.69) is 68.4 Å². The molecule has 5 heteroatoms. The van der Waals surface area contributed by atoms with Crippen LogP contribution in [0.2, 0.25) is 0 Å². The first kappa shape index (κ1) is 15.7. The quantitative estimate of drug-likeness (QED) is 0.772. The average molecular weight is 331 g/mol. The highest BCUT2D eigenvalue weighted by molar-refractivity contribution is 6.10. The third-order valence-electron chi connectivity index (χ3n) is 4.62. The maximum atomic E-state index is 5.68. The van der Waals surface area contributed by atoms with Crippen molar-refractivity contribution in [2.75, 3.05) is 7.05 Å². The number of hydrogen-bond donors (Lipinski definition) is 2. The first-order valence-corrected chi connectivity index (χ1v) is 8.46. The second kappa shape index (κ2) is 6.63. The number of nitrogens with zero attached hydrogens (tertiary/aromatic N) is 3. The van der Waals surface area contributed by atoms with Crippen molar-refractivity contribution >= 4 is 17.4 Å². The molecule has 5 nitrogen and oxygen atoms in total. The van der Waals surface area contributed by atoms with E-state index in [1.807, 2.05) is 19.5 Å². The van der Waals surface area contributed by atoms with Gasteiger partial charge in [-0.1, -0.05) is 30.3 Å². The van der Waals surface area contributed by atoms with E-state index in [9.17, 15) is 0 Å². The highest BCUT2D eigenvalue weighted by Crippen LogP contribution is 2.24. The van der Waals surface area contributed by atoms with Crippen LogP contribution in [0.25, 0.3) is 22.5 Å². The molecular formula is C20H21N5. The normalized spacial score (nSPS) is 17.0. The van der Waals surface area contributed by atoms with Crippen molar-refractivity contribution in [3.63, 3.8) is 0 Å². The monoisotopic (exact) mass is 331 g/mol. The Morgan fingerprint density at radius 3 is 2.72 bits per heavy atom. The van der Waals surface area contributed by atoms with Gasteiger partial charge in [-0.25, -0.2) is 4.98 Å². The van der Waals surface area contributed by atoms with Gasteiger partial charge in [-0.05, 0) is 35.9 Å². The van der Waals surface area contributed by atoms with E-state index < -0.39 is 0 Å². The second-order valence-corrected chi connectivity index (χ2v) is 6.17. The van der Waals surface area contributed by atoms with Crippen LogP contribution in [-0.2, 0) is 6.54 Å². The molecule has 1 aromatic carbocycles. The molecule has 0 aliphatic carbocycles. The van der Waals surface area contributed by atoms with Gasteiger partial charge in [-0.2, -0.15) is 0 Å². The minimum Gasteiger partial charge on any atom is -0.326 e. The van der Waals surface area contributed by atoms with Crippen LogP contribution in [0.15, 0.2) is 59.9 Å². The summed E-state index contributed by atoms with van der Waals surface area (Å²) in [7, 11) is 1.93. The van der Waals surface area contributed by atoms with Crippen LogP contribution in [0.3, 0.4) is 0 Å². The standard InChI is InChI=1S/C20H21N5/c1-22-19-7-6-17(12-23-19)16-8-9-25-18(13-24-20(25)10-16)15-4-2-14(11-21)3-5-15/h2-6,8-10,12-13,19,22H,7,11,21H2,1H3. The Bertz CT molecular complexity index is 950. The predicted octanol–water partition coefficient (Wildman–Crippen LogP) is 2.86. The maximum Gasteiger partial charge on any atom is 0.137 e. The fourth-order valence-corrected chi connectivity index (χ4v) is 3.09. The number of dihydropyridines is 1. The molecule has 3 N–H and O–H groups in total. The number of pyridine rings is 1. The van der Waals surface area contributed by atoms with Crippen LogP contribution in [-0.4, -0.2) is 28.8 Å². The lowest BCUT2D eigenvalue weighted by atomic mass is 10.0. The van der Waals surface area contributed by atoms with Crippen LogP contribution in [0.1, 0.15) is 17.5 Å². The number of benzene rings is 1. The van der Waals surface area contributed by atoms with Crippen molar-refractivity contribution in [1.82, 2.24) is 14.7 Å². The number of fused-ring (bicyclic) bond motifs is 1. The number of nitrogens with two attached hydrogens (primary N) is 1. The van der Waals surface area contributed by atoms with E-state index in [1.165, 1.54) is 0 Å². The van der Waals surface area contributed by atoms with Crippen molar-refractivity contribution in [1.29, 1.82) is 0 Å². The summed E-state index contributed by atoms with van der Waals surface area (Å²) in [4.78, 5) is 9.09. The Morgan fingerprint density at radius 2 is 2.04 bits per heavy atom. The summed E-state index contributed by atoms with van der Waals surface area (Å²) < 4.78 is 2.11. The molecule has 4 rings (SSSR count). The number of aliphatic imine (C=N–C) groups is 1. The number of imidazole rings is 1. The predicted molar refractivity (Wildman–Crippen MR) is 102 cm³/mol. The Balaban J connectivity index is 1.67. The summed E-state index contributed by atoms with van der Waals surface area (Å²) in [6.45, 7) is 0.557. The van der Waals surface area contributed by atoms with E-state index in [0.29, 0.717) is 6.54 Å². The van der Waals surface area contributed by atoms with Gasteiger partial charge in [0.15, 0.2) is 0 Å². The second-order valence-electron chi connectivity index (χ2n) is 6.17. The topological polar surface area (TPSA) is 67.7 Å². The summed E-state index contributed by atoms with van der Waals surface area (Å²) in [6.07, 6.45) is 9.23. The van der Waals surface area contributed by atoms with Crippen LogP contribution < -0.4 is 11.1 Å². The zero-order valence-electron chi connectivity index (χ0n) is 14.2. The number of rotatable bonds is 4. The number of allylic oxidation sites excluding steroid dienone is 1. The van der Waals surface area contributed by atoms with Crippen molar-refractivity contribution in [3.05, 3.63) is 66.0 Å². The molecule has 126 valence electrons. The van der Waals surface area contributed by atoms with Gasteiger partial charge in [0.25, 0.3) is 0 Å². The van der Waals surface area contributed by atoms with Crippen LogP contribution in [0.4, 0.5) is 0 Å².